The van der Waals surface area contributed by atoms with Crippen LogP contribution in [0.1, 0.15) is 0 Å². The maximum Gasteiger partial charge on any atom is 0.124 e. The molecule has 0 aliphatic heterocycles. The molecule has 0 aliphatic rings. The van der Waals surface area contributed by atoms with Crippen molar-refractivity contribution in [2.45, 2.75) is 0 Å². The molecule has 0 fully saturated rings. The number of benzene rings is 2. The zero-order chi connectivity index (χ0) is 11.8. The number of hydrogen-bond donors (Lipinski definition) is 1. The monoisotopic (exact) mass is 304 g/mol. The number of hydrogen-bond acceptors (Lipinski definition) is 3. The number of thiazole rings is 1. The van der Waals surface area contributed by atoms with Crippen molar-refractivity contribution in [3.8, 4) is 10.6 Å². The van der Waals surface area contributed by atoms with Crippen LogP contribution in [-0.2, 0) is 0 Å². The number of aromatic nitrogens is 1. The number of para-hydroxylation sites is 1. The van der Waals surface area contributed by atoms with Crippen LogP contribution < -0.4 is 5.73 Å². The maximum atomic E-state index is 5.79. The van der Waals surface area contributed by atoms with Gasteiger partial charge >= 0.3 is 0 Å². The number of fused-ring (bicyclic) bond motifs is 1. The van der Waals surface area contributed by atoms with E-state index in [1.165, 1.54) is 4.70 Å². The molecule has 3 aromatic rings. The normalized spacial score (nSPS) is 10.9. The molecule has 0 spiro atoms. The second-order valence-corrected chi connectivity index (χ2v) is 5.62. The van der Waals surface area contributed by atoms with Gasteiger partial charge < -0.3 is 5.73 Å². The Bertz CT molecular complexity index is 691. The van der Waals surface area contributed by atoms with Gasteiger partial charge in [-0.15, -0.1) is 11.3 Å². The topological polar surface area (TPSA) is 38.9 Å². The molecule has 0 amide bonds. The van der Waals surface area contributed by atoms with E-state index in [0.717, 1.165) is 26.2 Å². The molecule has 84 valence electrons. The van der Waals surface area contributed by atoms with Crippen molar-refractivity contribution < 1.29 is 0 Å². The zero-order valence-corrected chi connectivity index (χ0v) is 11.3. The Hall–Kier alpha value is -1.39. The summed E-state index contributed by atoms with van der Waals surface area (Å²) in [5, 5.41) is 0.999. The van der Waals surface area contributed by atoms with Crippen molar-refractivity contribution in [1.29, 1.82) is 0 Å². The van der Waals surface area contributed by atoms with Gasteiger partial charge in [-0.3, -0.25) is 0 Å². The predicted molar refractivity (Wildman–Crippen MR) is 77.2 cm³/mol. The molecule has 1 heterocycles. The van der Waals surface area contributed by atoms with Crippen LogP contribution in [0, 0.1) is 0 Å². The van der Waals surface area contributed by atoms with Gasteiger partial charge in [-0.05, 0) is 40.2 Å². The van der Waals surface area contributed by atoms with Gasteiger partial charge in [0.05, 0.1) is 10.2 Å². The smallest absolute Gasteiger partial charge is 0.124 e. The number of nitrogens with zero attached hydrogens (tertiary/aromatic N) is 1. The molecule has 0 unspecified atom stereocenters. The largest absolute Gasteiger partial charge is 0.399 e. The van der Waals surface area contributed by atoms with Crippen molar-refractivity contribution >= 4 is 43.2 Å². The summed E-state index contributed by atoms with van der Waals surface area (Å²) in [4.78, 5) is 4.64. The molecule has 0 saturated carbocycles. The Kier molecular flexibility index (Phi) is 2.61. The van der Waals surface area contributed by atoms with Crippen LogP contribution >= 0.6 is 27.3 Å². The third kappa shape index (κ3) is 1.94. The summed E-state index contributed by atoms with van der Waals surface area (Å²) < 4.78 is 2.21. The molecular formula is C13H9BrN2S. The molecular weight excluding hydrogens is 296 g/mol. The van der Waals surface area contributed by atoms with Crippen LogP contribution in [0.25, 0.3) is 20.8 Å². The average Bonchev–Trinajstić information content (AvgIpc) is 2.74. The predicted octanol–water partition coefficient (Wildman–Crippen LogP) is 4.31. The molecule has 2 aromatic carbocycles. The third-order valence-corrected chi connectivity index (χ3v) is 4.21. The van der Waals surface area contributed by atoms with Gasteiger partial charge in [0.2, 0.25) is 0 Å². The van der Waals surface area contributed by atoms with E-state index < -0.39 is 0 Å². The van der Waals surface area contributed by atoms with Gasteiger partial charge in [0.25, 0.3) is 0 Å². The molecule has 0 atom stereocenters. The lowest BCUT2D eigenvalue weighted by Crippen LogP contribution is -1.84. The molecule has 0 aliphatic carbocycles. The Morgan fingerprint density at radius 3 is 2.71 bits per heavy atom. The molecule has 2 nitrogen and oxygen atoms in total. The highest BCUT2D eigenvalue weighted by atomic mass is 79.9. The fourth-order valence-corrected chi connectivity index (χ4v) is 3.29. The van der Waals surface area contributed by atoms with E-state index in [1.807, 2.05) is 36.4 Å². The molecule has 3 rings (SSSR count). The SMILES string of the molecule is Nc1cccc(-c2nc3c(Br)cccc3s2)c1. The van der Waals surface area contributed by atoms with E-state index in [2.05, 4.69) is 27.0 Å². The molecule has 0 radical (unpaired) electrons. The minimum atomic E-state index is 0.765. The van der Waals surface area contributed by atoms with Crippen LogP contribution in [0.5, 0.6) is 0 Å². The lowest BCUT2D eigenvalue weighted by molar-refractivity contribution is 1.46. The third-order valence-electron chi connectivity index (χ3n) is 2.50. The van der Waals surface area contributed by atoms with Crippen molar-refractivity contribution in [3.63, 3.8) is 0 Å². The zero-order valence-electron chi connectivity index (χ0n) is 8.85. The lowest BCUT2D eigenvalue weighted by Gasteiger charge is -1.96. The van der Waals surface area contributed by atoms with Crippen molar-refractivity contribution in [2.24, 2.45) is 0 Å². The number of halogens is 1. The van der Waals surface area contributed by atoms with Crippen LogP contribution in [-0.4, -0.2) is 4.98 Å². The van der Waals surface area contributed by atoms with Crippen molar-refractivity contribution in [3.05, 3.63) is 46.9 Å². The van der Waals surface area contributed by atoms with Crippen molar-refractivity contribution in [2.75, 3.05) is 5.73 Å². The van der Waals surface area contributed by atoms with E-state index >= 15 is 0 Å². The molecule has 0 saturated heterocycles. The summed E-state index contributed by atoms with van der Waals surface area (Å²) in [5.74, 6) is 0. The molecule has 17 heavy (non-hydrogen) atoms. The summed E-state index contributed by atoms with van der Waals surface area (Å²) in [7, 11) is 0. The summed E-state index contributed by atoms with van der Waals surface area (Å²) in [5.41, 5.74) is 8.63. The van der Waals surface area contributed by atoms with Crippen LogP contribution in [0.3, 0.4) is 0 Å². The van der Waals surface area contributed by atoms with Gasteiger partial charge in [-0.1, -0.05) is 18.2 Å². The van der Waals surface area contributed by atoms with Gasteiger partial charge in [-0.2, -0.15) is 0 Å². The average molecular weight is 305 g/mol. The first-order chi connectivity index (χ1) is 8.24. The van der Waals surface area contributed by atoms with Gasteiger partial charge in [0.1, 0.15) is 5.01 Å². The van der Waals surface area contributed by atoms with Crippen LogP contribution in [0.2, 0.25) is 0 Å². The number of nitrogen functional groups attached to an aromatic ring is 1. The highest BCUT2D eigenvalue weighted by Crippen LogP contribution is 2.33. The highest BCUT2D eigenvalue weighted by Gasteiger charge is 2.08. The van der Waals surface area contributed by atoms with Crippen LogP contribution in [0.15, 0.2) is 46.9 Å². The first kappa shape index (κ1) is 10.7. The van der Waals surface area contributed by atoms with E-state index in [0.29, 0.717) is 0 Å². The van der Waals surface area contributed by atoms with E-state index in [-0.39, 0.29) is 0 Å². The number of nitrogens with two attached hydrogens (primary N) is 1. The Balaban J connectivity index is 2.22. The quantitative estimate of drug-likeness (QED) is 0.680. The first-order valence-electron chi connectivity index (χ1n) is 5.15. The Labute approximate surface area is 111 Å². The highest BCUT2D eigenvalue weighted by molar-refractivity contribution is 9.10. The standard InChI is InChI=1S/C13H9BrN2S/c14-10-5-2-6-11-12(10)16-13(17-11)8-3-1-4-9(15)7-8/h1-7H,15H2. The summed E-state index contributed by atoms with van der Waals surface area (Å²) >= 11 is 5.19. The molecule has 0 bridgehead atoms. The van der Waals surface area contributed by atoms with Crippen LogP contribution in [0.4, 0.5) is 5.69 Å². The van der Waals surface area contributed by atoms with Gasteiger partial charge in [0.15, 0.2) is 0 Å². The number of rotatable bonds is 1. The van der Waals surface area contributed by atoms with Gasteiger partial charge in [0, 0.05) is 15.7 Å². The van der Waals surface area contributed by atoms with E-state index in [1.54, 1.807) is 11.3 Å². The summed E-state index contributed by atoms with van der Waals surface area (Å²) in [6.45, 7) is 0. The Morgan fingerprint density at radius 1 is 1.12 bits per heavy atom. The fraction of sp³-hybridized carbons (Fsp3) is 0. The summed E-state index contributed by atoms with van der Waals surface area (Å²) in [6.07, 6.45) is 0. The van der Waals surface area contributed by atoms with Gasteiger partial charge in [-0.25, -0.2) is 4.98 Å². The maximum absolute atomic E-state index is 5.79. The number of anilines is 1. The van der Waals surface area contributed by atoms with E-state index in [9.17, 15) is 0 Å². The first-order valence-corrected chi connectivity index (χ1v) is 6.76. The van der Waals surface area contributed by atoms with E-state index in [4.69, 9.17) is 5.73 Å². The second-order valence-electron chi connectivity index (χ2n) is 3.73. The second kappa shape index (κ2) is 4.13. The summed E-state index contributed by atoms with van der Waals surface area (Å²) in [6, 6.07) is 13.9. The molecule has 2 N–H and O–H groups in total. The molecule has 1 aromatic heterocycles. The molecule has 4 heteroatoms. The fourth-order valence-electron chi connectivity index (χ4n) is 1.71. The van der Waals surface area contributed by atoms with Crippen molar-refractivity contribution in [1.82, 2.24) is 4.98 Å². The lowest BCUT2D eigenvalue weighted by atomic mass is 10.2. The minimum absolute atomic E-state index is 0.765. The minimum Gasteiger partial charge on any atom is -0.399 e. The Morgan fingerprint density at radius 2 is 1.94 bits per heavy atom.